The van der Waals surface area contributed by atoms with Crippen molar-refractivity contribution in [3.8, 4) is 0 Å². The van der Waals surface area contributed by atoms with Crippen LogP contribution in [0.25, 0.3) is 10.9 Å². The number of para-hydroxylation sites is 1. The molecule has 3 heterocycles. The number of nitrogens with zero attached hydrogens (tertiary/aromatic N) is 5. The highest BCUT2D eigenvalue weighted by Crippen LogP contribution is 2.28. The quantitative estimate of drug-likeness (QED) is 0.723. The molecule has 1 aliphatic heterocycles. The van der Waals surface area contributed by atoms with E-state index in [4.69, 9.17) is 0 Å². The van der Waals surface area contributed by atoms with E-state index in [1.165, 1.54) is 0 Å². The topological polar surface area (TPSA) is 46.8 Å². The largest absolute Gasteiger partial charge is 0.356 e. The molecule has 106 valence electrons. The Bertz CT molecular complexity index is 724. The fourth-order valence-electron chi connectivity index (χ4n) is 3.10. The van der Waals surface area contributed by atoms with E-state index in [2.05, 4.69) is 36.7 Å². The Kier molecular flexibility index (Phi) is 3.03. The van der Waals surface area contributed by atoms with Crippen molar-refractivity contribution in [1.29, 1.82) is 0 Å². The third kappa shape index (κ3) is 2.24. The summed E-state index contributed by atoms with van der Waals surface area (Å²) in [6.07, 6.45) is 9.73. The summed E-state index contributed by atoms with van der Waals surface area (Å²) in [5.74, 6) is 1.06. The zero-order chi connectivity index (χ0) is 14.1. The van der Waals surface area contributed by atoms with Gasteiger partial charge in [0, 0.05) is 36.9 Å². The van der Waals surface area contributed by atoms with E-state index in [0.29, 0.717) is 6.04 Å². The third-order valence-electron chi connectivity index (χ3n) is 4.23. The summed E-state index contributed by atoms with van der Waals surface area (Å²) in [7, 11) is 0. The van der Waals surface area contributed by atoms with E-state index >= 15 is 0 Å². The first-order valence-corrected chi connectivity index (χ1v) is 7.34. The first-order valence-electron chi connectivity index (χ1n) is 7.34. The van der Waals surface area contributed by atoms with Gasteiger partial charge in [0.05, 0.1) is 11.8 Å². The minimum absolute atomic E-state index is 0.553. The van der Waals surface area contributed by atoms with Crippen LogP contribution in [0.3, 0.4) is 0 Å². The monoisotopic (exact) mass is 279 g/mol. The van der Waals surface area contributed by atoms with Crippen LogP contribution in [0, 0.1) is 0 Å². The predicted molar refractivity (Wildman–Crippen MR) is 82.2 cm³/mol. The maximum atomic E-state index is 4.51. The number of piperidine rings is 1. The van der Waals surface area contributed by atoms with Crippen molar-refractivity contribution in [2.45, 2.75) is 18.9 Å². The molecule has 0 amide bonds. The minimum atomic E-state index is 0.553. The Morgan fingerprint density at radius 3 is 2.71 bits per heavy atom. The second-order valence-corrected chi connectivity index (χ2v) is 5.44. The Morgan fingerprint density at radius 1 is 1.05 bits per heavy atom. The smallest absolute Gasteiger partial charge is 0.139 e. The summed E-state index contributed by atoms with van der Waals surface area (Å²) in [6, 6.07) is 8.76. The lowest BCUT2D eigenvalue weighted by molar-refractivity contribution is 0.395. The number of imidazole rings is 1. The Balaban J connectivity index is 1.58. The molecule has 0 spiro atoms. The second kappa shape index (κ2) is 5.16. The molecule has 3 aromatic rings. The Labute approximate surface area is 123 Å². The molecular formula is C16H17N5. The number of hydrogen-bond acceptors (Lipinski definition) is 4. The molecule has 1 saturated heterocycles. The van der Waals surface area contributed by atoms with Crippen LogP contribution < -0.4 is 4.90 Å². The number of benzene rings is 1. The molecule has 0 atom stereocenters. The lowest BCUT2D eigenvalue weighted by atomic mass is 10.0. The molecule has 5 nitrogen and oxygen atoms in total. The molecule has 1 aliphatic rings. The molecule has 5 heteroatoms. The zero-order valence-corrected chi connectivity index (χ0v) is 11.8. The van der Waals surface area contributed by atoms with E-state index in [1.54, 1.807) is 6.33 Å². The molecule has 0 aliphatic carbocycles. The van der Waals surface area contributed by atoms with Crippen molar-refractivity contribution < 1.29 is 0 Å². The number of anilines is 1. The van der Waals surface area contributed by atoms with Crippen LogP contribution in [0.2, 0.25) is 0 Å². The van der Waals surface area contributed by atoms with Crippen LogP contribution >= 0.6 is 0 Å². The molecule has 4 rings (SSSR count). The average molecular weight is 279 g/mol. The summed E-state index contributed by atoms with van der Waals surface area (Å²) in [4.78, 5) is 15.4. The number of fused-ring (bicyclic) bond motifs is 1. The van der Waals surface area contributed by atoms with Crippen LogP contribution in [-0.2, 0) is 0 Å². The van der Waals surface area contributed by atoms with E-state index in [9.17, 15) is 0 Å². The third-order valence-corrected chi connectivity index (χ3v) is 4.23. The molecule has 0 bridgehead atoms. The van der Waals surface area contributed by atoms with Gasteiger partial charge in [0.1, 0.15) is 12.1 Å². The van der Waals surface area contributed by atoms with E-state index < -0.39 is 0 Å². The van der Waals surface area contributed by atoms with Gasteiger partial charge >= 0.3 is 0 Å². The maximum Gasteiger partial charge on any atom is 0.139 e. The number of aromatic nitrogens is 4. The standard InChI is InChI=1S/C16H17N5/c1-2-4-15-14(3-1)16(19-11-18-15)20-8-5-13(6-9-20)21-10-7-17-12-21/h1-4,7,10-13H,5-6,8-9H2. The molecule has 21 heavy (non-hydrogen) atoms. The highest BCUT2D eigenvalue weighted by molar-refractivity contribution is 5.89. The molecule has 1 aromatic carbocycles. The van der Waals surface area contributed by atoms with E-state index in [1.807, 2.05) is 30.7 Å². The van der Waals surface area contributed by atoms with Crippen molar-refractivity contribution >= 4 is 16.7 Å². The van der Waals surface area contributed by atoms with Gasteiger partial charge in [-0.1, -0.05) is 12.1 Å². The van der Waals surface area contributed by atoms with Crippen molar-refractivity contribution in [2.24, 2.45) is 0 Å². The molecule has 0 saturated carbocycles. The van der Waals surface area contributed by atoms with Gasteiger partial charge in [-0.15, -0.1) is 0 Å². The van der Waals surface area contributed by atoms with Crippen molar-refractivity contribution in [3.63, 3.8) is 0 Å². The van der Waals surface area contributed by atoms with Crippen molar-refractivity contribution in [2.75, 3.05) is 18.0 Å². The molecular weight excluding hydrogens is 262 g/mol. The van der Waals surface area contributed by atoms with Crippen molar-refractivity contribution in [3.05, 3.63) is 49.3 Å². The fourth-order valence-corrected chi connectivity index (χ4v) is 3.10. The second-order valence-electron chi connectivity index (χ2n) is 5.44. The minimum Gasteiger partial charge on any atom is -0.356 e. The molecule has 0 unspecified atom stereocenters. The predicted octanol–water partition coefficient (Wildman–Crippen LogP) is 2.67. The summed E-state index contributed by atoms with van der Waals surface area (Å²) in [6.45, 7) is 2.04. The first kappa shape index (κ1) is 12.3. The van der Waals surface area contributed by atoms with Gasteiger partial charge in [0.25, 0.3) is 0 Å². The first-order chi connectivity index (χ1) is 10.4. The van der Waals surface area contributed by atoms with Crippen LogP contribution in [0.15, 0.2) is 49.3 Å². The van der Waals surface area contributed by atoms with Gasteiger partial charge in [-0.25, -0.2) is 15.0 Å². The molecule has 1 fully saturated rings. The van der Waals surface area contributed by atoms with E-state index in [-0.39, 0.29) is 0 Å². The highest BCUT2D eigenvalue weighted by atomic mass is 15.2. The normalized spacial score (nSPS) is 16.5. The molecule has 0 N–H and O–H groups in total. The molecule has 2 aromatic heterocycles. The lowest BCUT2D eigenvalue weighted by Gasteiger charge is -2.33. The number of rotatable bonds is 2. The Morgan fingerprint density at radius 2 is 1.90 bits per heavy atom. The van der Waals surface area contributed by atoms with Crippen LogP contribution in [0.5, 0.6) is 0 Å². The van der Waals surface area contributed by atoms with Gasteiger partial charge in [0.15, 0.2) is 0 Å². The SMILES string of the molecule is c1ccc2c(N3CCC(n4ccnc4)CC3)ncnc2c1. The summed E-state index contributed by atoms with van der Waals surface area (Å²) < 4.78 is 2.22. The summed E-state index contributed by atoms with van der Waals surface area (Å²) in [5.41, 5.74) is 1.01. The lowest BCUT2D eigenvalue weighted by Crippen LogP contribution is -2.35. The van der Waals surface area contributed by atoms with Crippen LogP contribution in [0.4, 0.5) is 5.82 Å². The summed E-state index contributed by atoms with van der Waals surface area (Å²) in [5, 5.41) is 1.14. The van der Waals surface area contributed by atoms with Gasteiger partial charge in [-0.2, -0.15) is 0 Å². The fraction of sp³-hybridized carbons (Fsp3) is 0.312. The molecule has 0 radical (unpaired) electrons. The van der Waals surface area contributed by atoms with Gasteiger partial charge < -0.3 is 9.47 Å². The zero-order valence-electron chi connectivity index (χ0n) is 11.8. The number of hydrogen-bond donors (Lipinski definition) is 0. The van der Waals surface area contributed by atoms with Crippen LogP contribution in [-0.4, -0.2) is 32.6 Å². The summed E-state index contributed by atoms with van der Waals surface area (Å²) >= 11 is 0. The van der Waals surface area contributed by atoms with Gasteiger partial charge in [0.2, 0.25) is 0 Å². The van der Waals surface area contributed by atoms with Gasteiger partial charge in [-0.3, -0.25) is 0 Å². The average Bonchev–Trinajstić information content (AvgIpc) is 3.09. The van der Waals surface area contributed by atoms with Crippen molar-refractivity contribution in [1.82, 2.24) is 19.5 Å². The Hall–Kier alpha value is -2.43. The van der Waals surface area contributed by atoms with Crippen LogP contribution in [0.1, 0.15) is 18.9 Å². The van der Waals surface area contributed by atoms with E-state index in [0.717, 1.165) is 42.7 Å². The van der Waals surface area contributed by atoms with Gasteiger partial charge in [-0.05, 0) is 25.0 Å². The highest BCUT2D eigenvalue weighted by Gasteiger charge is 2.22. The maximum absolute atomic E-state index is 4.51.